The second kappa shape index (κ2) is 5.26. The Hall–Kier alpha value is -2.15. The molecule has 0 aliphatic carbocycles. The largest absolute Gasteiger partial charge is 0.480 e. The molecule has 0 aliphatic rings. The highest BCUT2D eigenvalue weighted by molar-refractivity contribution is 6.00. The molecule has 1 unspecified atom stereocenters. The number of carboxylic acids is 1. The summed E-state index contributed by atoms with van der Waals surface area (Å²) in [5.41, 5.74) is 4.79. The number of halogens is 1. The summed E-state index contributed by atoms with van der Waals surface area (Å²) < 4.78 is 13.0. The van der Waals surface area contributed by atoms with Crippen molar-refractivity contribution < 1.29 is 24.2 Å². The van der Waals surface area contributed by atoms with E-state index in [-0.39, 0.29) is 11.3 Å². The van der Waals surface area contributed by atoms with Crippen molar-refractivity contribution in [1.82, 2.24) is 5.32 Å². The first-order chi connectivity index (χ1) is 7.97. The Morgan fingerprint density at radius 1 is 1.47 bits per heavy atom. The Morgan fingerprint density at radius 3 is 2.65 bits per heavy atom. The van der Waals surface area contributed by atoms with E-state index in [0.717, 1.165) is 6.07 Å². The van der Waals surface area contributed by atoms with E-state index in [1.807, 2.05) is 5.32 Å². The minimum atomic E-state index is -1.45. The number of benzene rings is 1. The van der Waals surface area contributed by atoms with Crippen LogP contribution in [0.1, 0.15) is 10.4 Å². The third-order valence-electron chi connectivity index (χ3n) is 2.08. The summed E-state index contributed by atoms with van der Waals surface area (Å²) in [5.74, 6) is -3.02. The van der Waals surface area contributed by atoms with Gasteiger partial charge >= 0.3 is 5.97 Å². The van der Waals surface area contributed by atoms with Gasteiger partial charge in [-0.25, -0.2) is 9.18 Å². The van der Waals surface area contributed by atoms with E-state index in [2.05, 4.69) is 0 Å². The van der Waals surface area contributed by atoms with E-state index >= 15 is 0 Å². The van der Waals surface area contributed by atoms with Crippen molar-refractivity contribution in [1.29, 1.82) is 0 Å². The molecule has 0 bridgehead atoms. The van der Waals surface area contributed by atoms with Crippen LogP contribution in [0.5, 0.6) is 0 Å². The van der Waals surface area contributed by atoms with Gasteiger partial charge in [0.15, 0.2) is 6.04 Å². The minimum Gasteiger partial charge on any atom is -0.480 e. The Kier molecular flexibility index (Phi) is 4.00. The Labute approximate surface area is 95.9 Å². The molecule has 1 rings (SSSR count). The number of carbonyl (C=O) groups excluding carboxylic acids is 1. The molecule has 1 atom stereocenters. The fourth-order valence-electron chi connectivity index (χ4n) is 1.16. The van der Waals surface area contributed by atoms with Crippen LogP contribution < -0.4 is 11.1 Å². The SMILES string of the molecule is Nc1c(F)cccc1C(=O)NC(CO)C(=O)O. The Morgan fingerprint density at radius 2 is 2.12 bits per heavy atom. The lowest BCUT2D eigenvalue weighted by Crippen LogP contribution is -2.43. The van der Waals surface area contributed by atoms with E-state index in [9.17, 15) is 14.0 Å². The number of nitrogens with one attached hydrogen (secondary N) is 1. The molecular weight excluding hydrogens is 231 g/mol. The lowest BCUT2D eigenvalue weighted by atomic mass is 10.1. The number of carboxylic acid groups (broad SMARTS) is 1. The first-order valence-corrected chi connectivity index (χ1v) is 4.66. The standard InChI is InChI=1S/C10H11FN2O4/c11-6-3-1-2-5(8(6)12)9(15)13-7(4-14)10(16)17/h1-3,7,14H,4,12H2,(H,13,15)(H,16,17). The molecule has 0 heterocycles. The molecule has 1 amide bonds. The molecule has 1 aromatic carbocycles. The molecular formula is C10H11FN2O4. The smallest absolute Gasteiger partial charge is 0.328 e. The van der Waals surface area contributed by atoms with Gasteiger partial charge in [0, 0.05) is 0 Å². The number of nitrogens with two attached hydrogens (primary N) is 1. The maximum absolute atomic E-state index is 13.0. The van der Waals surface area contributed by atoms with Crippen LogP contribution in [0.25, 0.3) is 0 Å². The predicted molar refractivity (Wildman–Crippen MR) is 56.8 cm³/mol. The molecule has 1 aromatic rings. The summed E-state index contributed by atoms with van der Waals surface area (Å²) in [6, 6.07) is 2.15. The molecule has 0 aromatic heterocycles. The first kappa shape index (κ1) is 12.9. The lowest BCUT2D eigenvalue weighted by Gasteiger charge is -2.12. The molecule has 0 saturated carbocycles. The summed E-state index contributed by atoms with van der Waals surface area (Å²) in [4.78, 5) is 22.1. The molecule has 7 heteroatoms. The normalized spacial score (nSPS) is 11.9. The number of hydrogen-bond acceptors (Lipinski definition) is 4. The van der Waals surface area contributed by atoms with Crippen LogP contribution >= 0.6 is 0 Å². The Bertz CT molecular complexity index is 450. The van der Waals surface area contributed by atoms with E-state index in [1.54, 1.807) is 0 Å². The molecule has 0 aliphatic heterocycles. The third kappa shape index (κ3) is 2.91. The van der Waals surface area contributed by atoms with Crippen LogP contribution in [0.3, 0.4) is 0 Å². The number of para-hydroxylation sites is 1. The van der Waals surface area contributed by atoms with Crippen molar-refractivity contribution in [2.24, 2.45) is 0 Å². The van der Waals surface area contributed by atoms with Gasteiger partial charge < -0.3 is 21.3 Å². The quantitative estimate of drug-likeness (QED) is 0.536. The number of aliphatic hydroxyl groups is 1. The zero-order valence-corrected chi connectivity index (χ0v) is 8.68. The maximum atomic E-state index is 13.0. The average molecular weight is 242 g/mol. The number of hydrogen-bond donors (Lipinski definition) is 4. The molecule has 5 N–H and O–H groups in total. The summed E-state index contributed by atoms with van der Waals surface area (Å²) in [6.45, 7) is -0.768. The average Bonchev–Trinajstić information content (AvgIpc) is 2.28. The topological polar surface area (TPSA) is 113 Å². The van der Waals surface area contributed by atoms with Gasteiger partial charge in [0.2, 0.25) is 0 Å². The molecule has 0 fully saturated rings. The van der Waals surface area contributed by atoms with Gasteiger partial charge in [-0.15, -0.1) is 0 Å². The van der Waals surface area contributed by atoms with Crippen LogP contribution in [0.4, 0.5) is 10.1 Å². The fraction of sp³-hybridized carbons (Fsp3) is 0.200. The third-order valence-corrected chi connectivity index (χ3v) is 2.08. The van der Waals surface area contributed by atoms with Crippen molar-refractivity contribution >= 4 is 17.6 Å². The molecule has 0 spiro atoms. The number of anilines is 1. The summed E-state index contributed by atoms with van der Waals surface area (Å²) in [5, 5.41) is 19.3. The highest BCUT2D eigenvalue weighted by atomic mass is 19.1. The monoisotopic (exact) mass is 242 g/mol. The Balaban J connectivity index is 2.90. The van der Waals surface area contributed by atoms with Gasteiger partial charge in [-0.1, -0.05) is 6.07 Å². The maximum Gasteiger partial charge on any atom is 0.328 e. The summed E-state index contributed by atoms with van der Waals surface area (Å²) in [6.07, 6.45) is 0. The minimum absolute atomic E-state index is 0.176. The van der Waals surface area contributed by atoms with E-state index in [1.165, 1.54) is 12.1 Å². The number of aliphatic hydroxyl groups excluding tert-OH is 1. The van der Waals surface area contributed by atoms with E-state index < -0.39 is 30.3 Å². The number of rotatable bonds is 4. The van der Waals surface area contributed by atoms with Crippen molar-refractivity contribution in [3.63, 3.8) is 0 Å². The number of amides is 1. The molecule has 0 saturated heterocycles. The van der Waals surface area contributed by atoms with Gasteiger partial charge in [-0.3, -0.25) is 4.79 Å². The second-order valence-electron chi connectivity index (χ2n) is 3.25. The van der Waals surface area contributed by atoms with Crippen LogP contribution in [0.2, 0.25) is 0 Å². The van der Waals surface area contributed by atoms with Crippen molar-refractivity contribution in [3.05, 3.63) is 29.6 Å². The highest BCUT2D eigenvalue weighted by Gasteiger charge is 2.21. The zero-order valence-electron chi connectivity index (χ0n) is 8.68. The van der Waals surface area contributed by atoms with Crippen LogP contribution in [0, 0.1) is 5.82 Å². The van der Waals surface area contributed by atoms with Gasteiger partial charge in [-0.05, 0) is 12.1 Å². The number of aliphatic carboxylic acids is 1. The van der Waals surface area contributed by atoms with Gasteiger partial charge in [0.25, 0.3) is 5.91 Å². The van der Waals surface area contributed by atoms with Gasteiger partial charge in [0.1, 0.15) is 5.82 Å². The summed E-state index contributed by atoms with van der Waals surface area (Å²) in [7, 11) is 0. The van der Waals surface area contributed by atoms with Gasteiger partial charge in [0.05, 0.1) is 17.9 Å². The molecule has 17 heavy (non-hydrogen) atoms. The van der Waals surface area contributed by atoms with Crippen LogP contribution in [-0.2, 0) is 4.79 Å². The van der Waals surface area contributed by atoms with E-state index in [0.29, 0.717) is 0 Å². The molecule has 6 nitrogen and oxygen atoms in total. The number of carbonyl (C=O) groups is 2. The second-order valence-corrected chi connectivity index (χ2v) is 3.25. The van der Waals surface area contributed by atoms with Crippen molar-refractivity contribution in [2.75, 3.05) is 12.3 Å². The van der Waals surface area contributed by atoms with Crippen molar-refractivity contribution in [3.8, 4) is 0 Å². The zero-order chi connectivity index (χ0) is 13.0. The van der Waals surface area contributed by atoms with Crippen LogP contribution in [0.15, 0.2) is 18.2 Å². The van der Waals surface area contributed by atoms with Crippen molar-refractivity contribution in [2.45, 2.75) is 6.04 Å². The van der Waals surface area contributed by atoms with E-state index in [4.69, 9.17) is 15.9 Å². The lowest BCUT2D eigenvalue weighted by molar-refractivity contribution is -0.140. The van der Waals surface area contributed by atoms with Gasteiger partial charge in [-0.2, -0.15) is 0 Å². The molecule has 92 valence electrons. The predicted octanol–water partition coefficient (Wildman–Crippen LogP) is -0.417. The number of nitrogen functional groups attached to an aromatic ring is 1. The highest BCUT2D eigenvalue weighted by Crippen LogP contribution is 2.15. The fourth-order valence-corrected chi connectivity index (χ4v) is 1.16. The van der Waals surface area contributed by atoms with Crippen LogP contribution in [-0.4, -0.2) is 34.7 Å². The summed E-state index contributed by atoms with van der Waals surface area (Å²) >= 11 is 0. The molecule has 0 radical (unpaired) electrons. The first-order valence-electron chi connectivity index (χ1n) is 4.66.